The predicted octanol–water partition coefficient (Wildman–Crippen LogP) is 3.32. The number of hydrogen-bond donors (Lipinski definition) is 3. The molecule has 0 fully saturated rings. The van der Waals surface area contributed by atoms with Gasteiger partial charge in [-0.15, -0.1) is 0 Å². The average molecular weight is 419 g/mol. The van der Waals surface area contributed by atoms with Crippen LogP contribution in [0.15, 0.2) is 48.5 Å². The van der Waals surface area contributed by atoms with E-state index in [0.29, 0.717) is 6.54 Å². The number of carbonyl (C=O) groups excluding carboxylic acids is 1. The van der Waals surface area contributed by atoms with Crippen LogP contribution >= 0.6 is 21.6 Å². The van der Waals surface area contributed by atoms with Crippen molar-refractivity contribution in [3.63, 3.8) is 0 Å². The van der Waals surface area contributed by atoms with Crippen LogP contribution in [0.1, 0.15) is 17.0 Å². The fraction of sp³-hybridized carbons (Fsp3) is 0.300. The van der Waals surface area contributed by atoms with E-state index in [-0.39, 0.29) is 18.3 Å². The molecular formula is C20H22N2O4S2. The summed E-state index contributed by atoms with van der Waals surface area (Å²) in [5.74, 6) is -0.183. The number of carboxylic acid groups (broad SMARTS) is 1. The minimum absolute atomic E-state index is 0.0593. The number of fused-ring (bicyclic) bond motifs is 3. The highest BCUT2D eigenvalue weighted by Crippen LogP contribution is 2.44. The van der Waals surface area contributed by atoms with Crippen molar-refractivity contribution in [2.24, 2.45) is 5.73 Å². The summed E-state index contributed by atoms with van der Waals surface area (Å²) < 4.78 is 5.40. The summed E-state index contributed by atoms with van der Waals surface area (Å²) in [4.78, 5) is 23.6. The molecule has 0 saturated carbocycles. The molecule has 4 N–H and O–H groups in total. The van der Waals surface area contributed by atoms with E-state index in [1.165, 1.54) is 21.6 Å². The topological polar surface area (TPSA) is 102 Å². The van der Waals surface area contributed by atoms with E-state index in [0.717, 1.165) is 28.0 Å². The number of nitrogens with one attached hydrogen (secondary N) is 1. The van der Waals surface area contributed by atoms with Gasteiger partial charge in [-0.3, -0.25) is 0 Å². The van der Waals surface area contributed by atoms with E-state index in [4.69, 9.17) is 10.5 Å². The van der Waals surface area contributed by atoms with Gasteiger partial charge in [0, 0.05) is 24.0 Å². The van der Waals surface area contributed by atoms with Crippen molar-refractivity contribution >= 4 is 33.7 Å². The highest BCUT2D eigenvalue weighted by molar-refractivity contribution is 8.76. The van der Waals surface area contributed by atoms with Gasteiger partial charge in [0.15, 0.2) is 0 Å². The summed E-state index contributed by atoms with van der Waals surface area (Å²) >= 11 is 0. The number of carbonyl (C=O) groups is 2. The summed E-state index contributed by atoms with van der Waals surface area (Å²) in [5, 5.41) is 11.7. The Balaban J connectivity index is 1.60. The second kappa shape index (κ2) is 9.86. The molecule has 1 amide bonds. The van der Waals surface area contributed by atoms with Crippen molar-refractivity contribution in [2.45, 2.75) is 12.0 Å². The molecule has 0 unspecified atom stereocenters. The third-order valence-corrected chi connectivity index (χ3v) is 6.90. The van der Waals surface area contributed by atoms with Crippen LogP contribution in [0.5, 0.6) is 0 Å². The van der Waals surface area contributed by atoms with Gasteiger partial charge in [0.25, 0.3) is 0 Å². The van der Waals surface area contributed by atoms with Gasteiger partial charge in [-0.2, -0.15) is 0 Å². The first-order valence-electron chi connectivity index (χ1n) is 8.90. The van der Waals surface area contributed by atoms with Crippen LogP contribution in [0.25, 0.3) is 11.1 Å². The molecular weight excluding hydrogens is 396 g/mol. The Labute approximate surface area is 171 Å². The van der Waals surface area contributed by atoms with Crippen LogP contribution in [-0.2, 0) is 9.53 Å². The van der Waals surface area contributed by atoms with E-state index in [9.17, 15) is 14.7 Å². The molecule has 148 valence electrons. The molecule has 0 aromatic heterocycles. The summed E-state index contributed by atoms with van der Waals surface area (Å²) in [7, 11) is 2.85. The first-order chi connectivity index (χ1) is 13.6. The normalized spacial score (nSPS) is 13.5. The highest BCUT2D eigenvalue weighted by atomic mass is 33.1. The SMILES string of the molecule is NCCSSC[C@H](NC(=O)OCC1c2ccccc2-c2ccccc21)C(=O)O. The molecule has 8 heteroatoms. The van der Waals surface area contributed by atoms with Crippen LogP contribution in [0.2, 0.25) is 0 Å². The smallest absolute Gasteiger partial charge is 0.407 e. The lowest BCUT2D eigenvalue weighted by atomic mass is 9.98. The molecule has 0 spiro atoms. The third-order valence-electron chi connectivity index (χ3n) is 4.45. The van der Waals surface area contributed by atoms with Gasteiger partial charge in [0.05, 0.1) is 0 Å². The zero-order chi connectivity index (χ0) is 19.9. The fourth-order valence-electron chi connectivity index (χ4n) is 3.18. The zero-order valence-electron chi connectivity index (χ0n) is 15.2. The van der Waals surface area contributed by atoms with Gasteiger partial charge in [-0.1, -0.05) is 70.1 Å². The van der Waals surface area contributed by atoms with Gasteiger partial charge in [0.2, 0.25) is 0 Å². The maximum Gasteiger partial charge on any atom is 0.407 e. The second-order valence-electron chi connectivity index (χ2n) is 6.26. The molecule has 3 rings (SSSR count). The van der Waals surface area contributed by atoms with Crippen LogP contribution < -0.4 is 11.1 Å². The van der Waals surface area contributed by atoms with Gasteiger partial charge in [-0.25, -0.2) is 9.59 Å². The lowest BCUT2D eigenvalue weighted by Crippen LogP contribution is -2.43. The summed E-state index contributed by atoms with van der Waals surface area (Å²) in [6, 6.07) is 15.1. The van der Waals surface area contributed by atoms with Gasteiger partial charge in [0.1, 0.15) is 12.6 Å². The number of ether oxygens (including phenoxy) is 1. The summed E-state index contributed by atoms with van der Waals surface area (Å²) in [6.07, 6.45) is -0.723. The highest BCUT2D eigenvalue weighted by Gasteiger charge is 2.29. The molecule has 1 aliphatic rings. The molecule has 2 aromatic rings. The lowest BCUT2D eigenvalue weighted by Gasteiger charge is -2.17. The number of alkyl carbamates (subject to hydrolysis) is 1. The minimum atomic E-state index is -1.09. The first-order valence-corrected chi connectivity index (χ1v) is 11.4. The van der Waals surface area contributed by atoms with E-state index in [2.05, 4.69) is 17.4 Å². The molecule has 0 saturated heterocycles. The molecule has 0 radical (unpaired) electrons. The number of rotatable bonds is 9. The Bertz CT molecular complexity index is 801. The van der Waals surface area contributed by atoms with Crippen LogP contribution in [0.3, 0.4) is 0 Å². The van der Waals surface area contributed by atoms with Crippen LogP contribution in [0.4, 0.5) is 4.79 Å². The third kappa shape index (κ3) is 4.81. The minimum Gasteiger partial charge on any atom is -0.480 e. The number of hydrogen-bond acceptors (Lipinski definition) is 6. The summed E-state index contributed by atoms with van der Waals surface area (Å²) in [6.45, 7) is 0.677. The molecule has 0 heterocycles. The second-order valence-corrected chi connectivity index (χ2v) is 8.88. The van der Waals surface area contributed by atoms with Crippen molar-refractivity contribution < 1.29 is 19.4 Å². The Morgan fingerprint density at radius 3 is 2.25 bits per heavy atom. The van der Waals surface area contributed by atoms with E-state index in [1.54, 1.807) is 0 Å². The molecule has 28 heavy (non-hydrogen) atoms. The Morgan fingerprint density at radius 1 is 1.07 bits per heavy atom. The molecule has 0 aliphatic heterocycles. The maximum absolute atomic E-state index is 12.2. The number of carboxylic acids is 1. The van der Waals surface area contributed by atoms with Gasteiger partial charge >= 0.3 is 12.1 Å². The molecule has 2 aromatic carbocycles. The fourth-order valence-corrected chi connectivity index (χ4v) is 5.19. The quantitative estimate of drug-likeness (QED) is 0.424. The number of benzene rings is 2. The molecule has 1 aliphatic carbocycles. The van der Waals surface area contributed by atoms with Crippen molar-refractivity contribution in [1.82, 2.24) is 5.32 Å². The molecule has 0 bridgehead atoms. The standard InChI is InChI=1S/C20H22N2O4S2/c21-9-10-27-28-12-18(19(23)24)22-20(25)26-11-17-15-7-3-1-5-13(15)14-6-2-4-8-16(14)17/h1-8,17-18H,9-12,21H2,(H,22,25)(H,23,24)/t18-/m0/s1. The lowest BCUT2D eigenvalue weighted by molar-refractivity contribution is -0.138. The predicted molar refractivity (Wildman–Crippen MR) is 114 cm³/mol. The van der Waals surface area contributed by atoms with E-state index >= 15 is 0 Å². The number of amides is 1. The largest absolute Gasteiger partial charge is 0.480 e. The number of aliphatic carboxylic acids is 1. The zero-order valence-corrected chi connectivity index (χ0v) is 16.8. The van der Waals surface area contributed by atoms with Crippen molar-refractivity contribution in [1.29, 1.82) is 0 Å². The molecule has 1 atom stereocenters. The van der Waals surface area contributed by atoms with Crippen molar-refractivity contribution in [2.75, 3.05) is 24.7 Å². The monoisotopic (exact) mass is 418 g/mol. The summed E-state index contributed by atoms with van der Waals surface area (Å²) in [5.41, 5.74) is 9.92. The van der Waals surface area contributed by atoms with Crippen LogP contribution in [0, 0.1) is 0 Å². The van der Waals surface area contributed by atoms with Gasteiger partial charge < -0.3 is 20.9 Å². The Hall–Kier alpha value is -2.16. The van der Waals surface area contributed by atoms with Gasteiger partial charge in [-0.05, 0) is 22.3 Å². The Kier molecular flexibility index (Phi) is 7.24. The van der Waals surface area contributed by atoms with Crippen molar-refractivity contribution in [3.8, 4) is 11.1 Å². The Morgan fingerprint density at radius 2 is 1.68 bits per heavy atom. The van der Waals surface area contributed by atoms with Crippen LogP contribution in [-0.4, -0.2) is 47.9 Å². The van der Waals surface area contributed by atoms with E-state index in [1.807, 2.05) is 36.4 Å². The first kappa shape index (κ1) is 20.6. The molecule has 6 nitrogen and oxygen atoms in total. The average Bonchev–Trinajstić information content (AvgIpc) is 3.02. The number of nitrogens with two attached hydrogens (primary N) is 1. The van der Waals surface area contributed by atoms with E-state index < -0.39 is 18.1 Å². The van der Waals surface area contributed by atoms with Crippen molar-refractivity contribution in [3.05, 3.63) is 59.7 Å². The maximum atomic E-state index is 12.2.